The number of amides is 2. The number of carbonyl (C=O) groups excluding carboxylic acids is 2. The fourth-order valence-electron chi connectivity index (χ4n) is 3.24. The van der Waals surface area contributed by atoms with Gasteiger partial charge in [-0.05, 0) is 29.8 Å². The van der Waals surface area contributed by atoms with Crippen molar-refractivity contribution in [1.82, 2.24) is 10.2 Å². The maximum Gasteiger partial charge on any atom is 0.275 e. The van der Waals surface area contributed by atoms with Gasteiger partial charge in [-0.3, -0.25) is 9.59 Å². The van der Waals surface area contributed by atoms with Gasteiger partial charge in [-0.15, -0.1) is 0 Å². The van der Waals surface area contributed by atoms with Gasteiger partial charge in [-0.25, -0.2) is 0 Å². The summed E-state index contributed by atoms with van der Waals surface area (Å²) in [6.45, 7) is 3.83. The molecule has 0 radical (unpaired) electrons. The topological polar surface area (TPSA) is 63.1 Å². The van der Waals surface area contributed by atoms with Crippen molar-refractivity contribution < 1.29 is 19.2 Å². The average Bonchev–Trinajstić information content (AvgIpc) is 2.73. The van der Waals surface area contributed by atoms with E-state index in [0.717, 1.165) is 30.0 Å². The Hall–Kier alpha value is -2.86. The smallest absolute Gasteiger partial charge is 0.275 e. The second kappa shape index (κ2) is 9.19. The minimum absolute atomic E-state index is 0.0238. The Labute approximate surface area is 159 Å². The Morgan fingerprint density at radius 1 is 1.07 bits per heavy atom. The molecule has 2 aromatic carbocycles. The Morgan fingerprint density at radius 3 is 2.52 bits per heavy atom. The SMILES string of the molecule is COc1cccc(CNC(=O)C[NH+]2CCN(C(=O)c3ccccc3)CC2)c1. The Kier molecular flexibility index (Phi) is 6.44. The summed E-state index contributed by atoms with van der Waals surface area (Å²) in [6.07, 6.45) is 0. The summed E-state index contributed by atoms with van der Waals surface area (Å²) in [7, 11) is 1.63. The molecule has 1 aliphatic heterocycles. The molecule has 0 aromatic heterocycles. The highest BCUT2D eigenvalue weighted by Gasteiger charge is 2.25. The highest BCUT2D eigenvalue weighted by Crippen LogP contribution is 2.12. The zero-order valence-electron chi connectivity index (χ0n) is 15.6. The molecule has 2 amide bonds. The number of rotatable bonds is 6. The summed E-state index contributed by atoms with van der Waals surface area (Å²) < 4.78 is 5.20. The summed E-state index contributed by atoms with van der Waals surface area (Å²) in [4.78, 5) is 27.8. The van der Waals surface area contributed by atoms with Gasteiger partial charge in [-0.2, -0.15) is 0 Å². The number of methoxy groups -OCH3 is 1. The van der Waals surface area contributed by atoms with Crippen LogP contribution in [0, 0.1) is 0 Å². The monoisotopic (exact) mass is 368 g/mol. The molecule has 3 rings (SSSR count). The molecule has 0 atom stereocenters. The van der Waals surface area contributed by atoms with Crippen molar-refractivity contribution in [2.75, 3.05) is 39.8 Å². The zero-order valence-corrected chi connectivity index (χ0v) is 15.6. The molecule has 2 aromatic rings. The van der Waals surface area contributed by atoms with E-state index in [1.807, 2.05) is 59.5 Å². The first-order valence-corrected chi connectivity index (χ1v) is 9.23. The molecular weight excluding hydrogens is 342 g/mol. The second-order valence-corrected chi connectivity index (χ2v) is 6.71. The van der Waals surface area contributed by atoms with Crippen molar-refractivity contribution in [3.63, 3.8) is 0 Å². The van der Waals surface area contributed by atoms with Gasteiger partial charge in [0.2, 0.25) is 0 Å². The number of hydrogen-bond acceptors (Lipinski definition) is 3. The number of quaternary nitrogens is 1. The van der Waals surface area contributed by atoms with Crippen LogP contribution in [-0.2, 0) is 11.3 Å². The van der Waals surface area contributed by atoms with Gasteiger partial charge in [0.1, 0.15) is 5.75 Å². The quantitative estimate of drug-likeness (QED) is 0.774. The van der Waals surface area contributed by atoms with Gasteiger partial charge in [0.25, 0.3) is 11.8 Å². The van der Waals surface area contributed by atoms with Gasteiger partial charge < -0.3 is 19.9 Å². The van der Waals surface area contributed by atoms with Gasteiger partial charge in [0, 0.05) is 12.1 Å². The zero-order chi connectivity index (χ0) is 19.1. The molecule has 0 aliphatic carbocycles. The molecule has 27 heavy (non-hydrogen) atoms. The Bertz CT molecular complexity index is 771. The normalized spacial score (nSPS) is 14.6. The van der Waals surface area contributed by atoms with Crippen LogP contribution in [0.2, 0.25) is 0 Å². The number of benzene rings is 2. The van der Waals surface area contributed by atoms with Crippen LogP contribution in [-0.4, -0.2) is 56.5 Å². The average molecular weight is 368 g/mol. The van der Waals surface area contributed by atoms with Crippen LogP contribution in [0.25, 0.3) is 0 Å². The molecule has 6 heteroatoms. The van der Waals surface area contributed by atoms with Crippen molar-refractivity contribution in [2.45, 2.75) is 6.54 Å². The first kappa shape index (κ1) is 18.9. The van der Waals surface area contributed by atoms with Gasteiger partial charge >= 0.3 is 0 Å². The minimum Gasteiger partial charge on any atom is -0.497 e. The first-order valence-electron chi connectivity index (χ1n) is 9.23. The molecule has 1 fully saturated rings. The predicted octanol–water partition coefficient (Wildman–Crippen LogP) is 0.352. The predicted molar refractivity (Wildman–Crippen MR) is 103 cm³/mol. The maximum absolute atomic E-state index is 12.5. The lowest BCUT2D eigenvalue weighted by molar-refractivity contribution is -0.896. The van der Waals surface area contributed by atoms with Crippen molar-refractivity contribution in [1.29, 1.82) is 0 Å². The minimum atomic E-state index is 0.0238. The van der Waals surface area contributed by atoms with E-state index in [1.54, 1.807) is 7.11 Å². The van der Waals surface area contributed by atoms with Crippen LogP contribution >= 0.6 is 0 Å². The molecule has 0 bridgehead atoms. The number of ether oxygens (including phenoxy) is 1. The Morgan fingerprint density at radius 2 is 1.81 bits per heavy atom. The molecule has 6 nitrogen and oxygen atoms in total. The molecular formula is C21H26N3O3+. The maximum atomic E-state index is 12.5. The molecule has 1 aliphatic rings. The largest absolute Gasteiger partial charge is 0.497 e. The van der Waals surface area contributed by atoms with E-state index in [-0.39, 0.29) is 11.8 Å². The molecule has 1 heterocycles. The molecule has 142 valence electrons. The van der Waals surface area contributed by atoms with Crippen LogP contribution < -0.4 is 15.0 Å². The number of piperazine rings is 1. The summed E-state index contributed by atoms with van der Waals surface area (Å²) in [5.41, 5.74) is 1.73. The molecule has 0 unspecified atom stereocenters. The Balaban J connectivity index is 1.42. The van der Waals surface area contributed by atoms with Crippen LogP contribution in [0.15, 0.2) is 54.6 Å². The molecule has 2 N–H and O–H groups in total. The molecule has 0 spiro atoms. The van der Waals surface area contributed by atoms with Gasteiger partial charge in [0.15, 0.2) is 6.54 Å². The van der Waals surface area contributed by atoms with E-state index in [2.05, 4.69) is 5.32 Å². The molecule has 1 saturated heterocycles. The van der Waals surface area contributed by atoms with Crippen molar-refractivity contribution in [3.05, 3.63) is 65.7 Å². The lowest BCUT2D eigenvalue weighted by Crippen LogP contribution is -3.15. The van der Waals surface area contributed by atoms with E-state index in [9.17, 15) is 9.59 Å². The standard InChI is InChI=1S/C21H25N3O3/c1-27-19-9-5-6-17(14-19)15-22-20(25)16-23-10-12-24(13-11-23)21(26)18-7-3-2-4-8-18/h2-9,14H,10-13,15-16H2,1H3,(H,22,25)/p+1. The van der Waals surface area contributed by atoms with Crippen LogP contribution in [0.5, 0.6) is 5.75 Å². The van der Waals surface area contributed by atoms with E-state index in [0.29, 0.717) is 26.2 Å². The molecule has 0 saturated carbocycles. The lowest BCUT2D eigenvalue weighted by Gasteiger charge is -2.32. The van der Waals surface area contributed by atoms with Gasteiger partial charge in [-0.1, -0.05) is 30.3 Å². The summed E-state index contributed by atoms with van der Waals surface area (Å²) in [5.74, 6) is 0.874. The first-order chi connectivity index (χ1) is 13.2. The fourth-order valence-corrected chi connectivity index (χ4v) is 3.24. The van der Waals surface area contributed by atoms with Crippen molar-refractivity contribution in [3.8, 4) is 5.75 Å². The number of nitrogens with one attached hydrogen (secondary N) is 2. The summed E-state index contributed by atoms with van der Waals surface area (Å²) >= 11 is 0. The van der Waals surface area contributed by atoms with Crippen LogP contribution in [0.3, 0.4) is 0 Å². The fraction of sp³-hybridized carbons (Fsp3) is 0.333. The van der Waals surface area contributed by atoms with Crippen molar-refractivity contribution in [2.24, 2.45) is 0 Å². The van der Waals surface area contributed by atoms with Crippen molar-refractivity contribution >= 4 is 11.8 Å². The van der Waals surface area contributed by atoms with E-state index < -0.39 is 0 Å². The van der Waals surface area contributed by atoms with Crippen LogP contribution in [0.4, 0.5) is 0 Å². The highest BCUT2D eigenvalue weighted by atomic mass is 16.5. The number of nitrogens with zero attached hydrogens (tertiary/aromatic N) is 1. The number of carbonyl (C=O) groups is 2. The van der Waals surface area contributed by atoms with E-state index in [1.165, 1.54) is 4.90 Å². The third kappa shape index (κ3) is 5.31. The third-order valence-corrected chi connectivity index (χ3v) is 4.81. The van der Waals surface area contributed by atoms with E-state index in [4.69, 9.17) is 4.74 Å². The lowest BCUT2D eigenvalue weighted by atomic mass is 10.2. The number of hydrogen-bond donors (Lipinski definition) is 2. The van der Waals surface area contributed by atoms with Crippen LogP contribution in [0.1, 0.15) is 15.9 Å². The highest BCUT2D eigenvalue weighted by molar-refractivity contribution is 5.94. The summed E-state index contributed by atoms with van der Waals surface area (Å²) in [6, 6.07) is 17.0. The van der Waals surface area contributed by atoms with Gasteiger partial charge in [0.05, 0.1) is 33.3 Å². The second-order valence-electron chi connectivity index (χ2n) is 6.71. The van der Waals surface area contributed by atoms with E-state index >= 15 is 0 Å². The summed E-state index contributed by atoms with van der Waals surface area (Å²) in [5, 5.41) is 2.96. The third-order valence-electron chi connectivity index (χ3n) is 4.81.